The first-order valence-corrected chi connectivity index (χ1v) is 8.20. The van der Waals surface area contributed by atoms with Gasteiger partial charge in [0.2, 0.25) is 5.95 Å². The maximum Gasteiger partial charge on any atom is 0.223 e. The summed E-state index contributed by atoms with van der Waals surface area (Å²) in [6.07, 6.45) is 4.26. The first kappa shape index (κ1) is 14.1. The molecular weight excluding hydrogens is 286 g/mol. The fourth-order valence-electron chi connectivity index (χ4n) is 2.92. The highest BCUT2D eigenvalue weighted by Crippen LogP contribution is 2.38. The number of nitrogens with zero attached hydrogens (tertiary/aromatic N) is 3. The number of anilines is 3. The lowest BCUT2D eigenvalue weighted by Crippen LogP contribution is -2.21. The molecule has 2 heterocycles. The van der Waals surface area contributed by atoms with E-state index in [-0.39, 0.29) is 0 Å². The highest BCUT2D eigenvalue weighted by Gasteiger charge is 2.25. The Morgan fingerprint density at radius 1 is 1.30 bits per heavy atom. The summed E-state index contributed by atoms with van der Waals surface area (Å²) in [5.74, 6) is 1.83. The van der Waals surface area contributed by atoms with Crippen LogP contribution >= 0.6 is 0 Å². The predicted octanol–water partition coefficient (Wildman–Crippen LogP) is 3.69. The van der Waals surface area contributed by atoms with Gasteiger partial charge >= 0.3 is 0 Å². The highest BCUT2D eigenvalue weighted by molar-refractivity contribution is 5.86. The van der Waals surface area contributed by atoms with Crippen LogP contribution in [-0.4, -0.2) is 22.6 Å². The van der Waals surface area contributed by atoms with Gasteiger partial charge in [0, 0.05) is 24.4 Å². The molecular formula is C18H21N5. The van der Waals surface area contributed by atoms with E-state index in [4.69, 9.17) is 0 Å². The SMILES string of the molecule is CCN1/C(=C(\C)c2ccnc(NC3CC3)n2)Nc2ccccc21. The summed E-state index contributed by atoms with van der Waals surface area (Å²) in [6, 6.07) is 10.9. The van der Waals surface area contributed by atoms with Crippen molar-refractivity contribution in [2.45, 2.75) is 32.7 Å². The summed E-state index contributed by atoms with van der Waals surface area (Å²) in [6.45, 7) is 5.19. The Bertz CT molecular complexity index is 764. The standard InChI is InChI=1S/C18H21N5/c1-3-23-16-7-5-4-6-15(16)21-17(23)12(2)14-10-11-19-18(22-14)20-13-8-9-13/h4-7,10-11,13,21H,3,8-9H2,1-2H3,(H,19,20,22)/b17-12+. The molecule has 2 N–H and O–H groups in total. The van der Waals surface area contributed by atoms with Crippen LogP contribution in [-0.2, 0) is 0 Å². The van der Waals surface area contributed by atoms with E-state index in [1.165, 1.54) is 18.5 Å². The Morgan fingerprint density at radius 2 is 2.13 bits per heavy atom. The van der Waals surface area contributed by atoms with Gasteiger partial charge in [0.1, 0.15) is 5.82 Å². The first-order valence-electron chi connectivity index (χ1n) is 8.20. The summed E-state index contributed by atoms with van der Waals surface area (Å²) in [4.78, 5) is 11.3. The molecule has 2 aliphatic rings. The van der Waals surface area contributed by atoms with Crippen molar-refractivity contribution in [1.29, 1.82) is 0 Å². The monoisotopic (exact) mass is 307 g/mol. The second-order valence-electron chi connectivity index (χ2n) is 6.04. The normalized spacial score (nSPS) is 18.4. The van der Waals surface area contributed by atoms with Gasteiger partial charge in [-0.3, -0.25) is 0 Å². The minimum atomic E-state index is 0.555. The molecule has 0 saturated heterocycles. The van der Waals surface area contributed by atoms with E-state index in [9.17, 15) is 0 Å². The van der Waals surface area contributed by atoms with Gasteiger partial charge < -0.3 is 15.5 Å². The average molecular weight is 307 g/mol. The molecule has 0 spiro atoms. The zero-order valence-corrected chi connectivity index (χ0v) is 13.5. The van der Waals surface area contributed by atoms with Crippen molar-refractivity contribution in [3.05, 3.63) is 48.0 Å². The summed E-state index contributed by atoms with van der Waals surface area (Å²) in [5, 5.41) is 6.90. The Hall–Kier alpha value is -2.56. The number of aromatic nitrogens is 2. The molecule has 1 aromatic carbocycles. The molecule has 23 heavy (non-hydrogen) atoms. The summed E-state index contributed by atoms with van der Waals surface area (Å²) in [7, 11) is 0. The van der Waals surface area contributed by atoms with Gasteiger partial charge in [-0.2, -0.15) is 0 Å². The van der Waals surface area contributed by atoms with Crippen molar-refractivity contribution >= 4 is 22.9 Å². The van der Waals surface area contributed by atoms with Crippen molar-refractivity contribution < 1.29 is 0 Å². The van der Waals surface area contributed by atoms with Gasteiger partial charge in [0.25, 0.3) is 0 Å². The molecule has 5 heteroatoms. The molecule has 0 amide bonds. The van der Waals surface area contributed by atoms with Crippen LogP contribution in [0.4, 0.5) is 17.3 Å². The molecule has 118 valence electrons. The highest BCUT2D eigenvalue weighted by atomic mass is 15.3. The van der Waals surface area contributed by atoms with E-state index in [2.05, 4.69) is 63.6 Å². The van der Waals surface area contributed by atoms with Crippen molar-refractivity contribution in [2.75, 3.05) is 22.1 Å². The minimum Gasteiger partial charge on any atom is -0.351 e. The van der Waals surface area contributed by atoms with Gasteiger partial charge in [0.15, 0.2) is 0 Å². The van der Waals surface area contributed by atoms with Crippen LogP contribution in [0.3, 0.4) is 0 Å². The third-order valence-corrected chi connectivity index (χ3v) is 4.34. The topological polar surface area (TPSA) is 53.1 Å². The predicted molar refractivity (Wildman–Crippen MR) is 94.4 cm³/mol. The molecule has 0 bridgehead atoms. The summed E-state index contributed by atoms with van der Waals surface area (Å²) >= 11 is 0. The second kappa shape index (κ2) is 5.57. The molecule has 5 nitrogen and oxygen atoms in total. The Morgan fingerprint density at radius 3 is 2.91 bits per heavy atom. The average Bonchev–Trinajstić information content (AvgIpc) is 3.31. The van der Waals surface area contributed by atoms with E-state index in [1.807, 2.05) is 12.3 Å². The lowest BCUT2D eigenvalue weighted by Gasteiger charge is -2.20. The second-order valence-corrected chi connectivity index (χ2v) is 6.04. The van der Waals surface area contributed by atoms with Gasteiger partial charge in [-0.25, -0.2) is 9.97 Å². The molecule has 2 aromatic rings. The molecule has 0 radical (unpaired) electrons. The molecule has 1 saturated carbocycles. The molecule has 0 atom stereocenters. The zero-order valence-electron chi connectivity index (χ0n) is 13.5. The summed E-state index contributed by atoms with van der Waals surface area (Å²) in [5.41, 5.74) is 4.45. The number of nitrogens with one attached hydrogen (secondary N) is 2. The molecule has 1 fully saturated rings. The van der Waals surface area contributed by atoms with Gasteiger partial charge in [-0.15, -0.1) is 0 Å². The number of hydrogen-bond donors (Lipinski definition) is 2. The van der Waals surface area contributed by atoms with Crippen molar-refractivity contribution in [3.63, 3.8) is 0 Å². The Labute approximate surface area is 136 Å². The quantitative estimate of drug-likeness (QED) is 0.902. The summed E-state index contributed by atoms with van der Waals surface area (Å²) < 4.78 is 0. The van der Waals surface area contributed by atoms with Crippen LogP contribution in [0.25, 0.3) is 5.57 Å². The van der Waals surface area contributed by atoms with Crippen LogP contribution in [0.15, 0.2) is 42.3 Å². The number of hydrogen-bond acceptors (Lipinski definition) is 5. The third kappa shape index (κ3) is 2.63. The van der Waals surface area contributed by atoms with Crippen molar-refractivity contribution in [1.82, 2.24) is 9.97 Å². The molecule has 1 aliphatic heterocycles. The molecule has 1 aliphatic carbocycles. The lowest BCUT2D eigenvalue weighted by molar-refractivity contribution is 0.985. The minimum absolute atomic E-state index is 0.555. The third-order valence-electron chi connectivity index (χ3n) is 4.34. The van der Waals surface area contributed by atoms with Crippen LogP contribution in [0.2, 0.25) is 0 Å². The van der Waals surface area contributed by atoms with E-state index in [0.717, 1.165) is 35.3 Å². The van der Waals surface area contributed by atoms with Crippen LogP contribution < -0.4 is 15.5 Å². The van der Waals surface area contributed by atoms with E-state index in [1.54, 1.807) is 0 Å². The smallest absolute Gasteiger partial charge is 0.223 e. The number of rotatable bonds is 4. The number of fused-ring (bicyclic) bond motifs is 1. The van der Waals surface area contributed by atoms with E-state index < -0.39 is 0 Å². The van der Waals surface area contributed by atoms with Crippen LogP contribution in [0.5, 0.6) is 0 Å². The number of allylic oxidation sites excluding steroid dienone is 1. The number of benzene rings is 1. The van der Waals surface area contributed by atoms with Crippen molar-refractivity contribution in [3.8, 4) is 0 Å². The molecule has 0 unspecified atom stereocenters. The number of para-hydroxylation sites is 2. The Balaban J connectivity index is 1.69. The zero-order chi connectivity index (χ0) is 15.8. The van der Waals surface area contributed by atoms with Gasteiger partial charge in [0.05, 0.1) is 17.1 Å². The lowest BCUT2D eigenvalue weighted by atomic mass is 10.2. The molecule has 4 rings (SSSR count). The van der Waals surface area contributed by atoms with Gasteiger partial charge in [-0.05, 0) is 44.9 Å². The fraction of sp³-hybridized carbons (Fsp3) is 0.333. The van der Waals surface area contributed by atoms with E-state index >= 15 is 0 Å². The van der Waals surface area contributed by atoms with Crippen LogP contribution in [0.1, 0.15) is 32.4 Å². The largest absolute Gasteiger partial charge is 0.351 e. The van der Waals surface area contributed by atoms with Crippen molar-refractivity contribution in [2.24, 2.45) is 0 Å². The maximum absolute atomic E-state index is 4.68. The van der Waals surface area contributed by atoms with E-state index in [0.29, 0.717) is 6.04 Å². The maximum atomic E-state index is 4.68. The van der Waals surface area contributed by atoms with Gasteiger partial charge in [-0.1, -0.05) is 12.1 Å². The first-order chi connectivity index (χ1) is 11.3. The molecule has 1 aromatic heterocycles. The van der Waals surface area contributed by atoms with Crippen LogP contribution in [0, 0.1) is 0 Å². The Kier molecular flexibility index (Phi) is 3.41. The fourth-order valence-corrected chi connectivity index (χ4v) is 2.92.